The Morgan fingerprint density at radius 1 is 1.90 bits per heavy atom. The third-order valence-corrected chi connectivity index (χ3v) is 1.51. The minimum absolute atomic E-state index is 0.795. The van der Waals surface area contributed by atoms with Gasteiger partial charge in [-0.25, -0.2) is 10.4 Å². The molecule has 4 nitrogen and oxygen atoms in total. The SMILES string of the molecule is CN(N)CC1=CCNN1C. The van der Waals surface area contributed by atoms with Crippen molar-refractivity contribution in [2.45, 2.75) is 0 Å². The first kappa shape index (κ1) is 7.53. The summed E-state index contributed by atoms with van der Waals surface area (Å²) in [5.41, 5.74) is 4.36. The molecule has 0 saturated carbocycles. The van der Waals surface area contributed by atoms with Crippen molar-refractivity contribution in [3.63, 3.8) is 0 Å². The number of nitrogens with one attached hydrogen (secondary N) is 1. The lowest BCUT2D eigenvalue weighted by molar-refractivity contribution is 0.287. The molecule has 0 bridgehead atoms. The molecule has 3 N–H and O–H groups in total. The lowest BCUT2D eigenvalue weighted by atomic mass is 10.4. The van der Waals surface area contributed by atoms with E-state index < -0.39 is 0 Å². The number of hydrazine groups is 2. The van der Waals surface area contributed by atoms with E-state index in [0.29, 0.717) is 0 Å². The van der Waals surface area contributed by atoms with Crippen molar-refractivity contribution in [1.29, 1.82) is 0 Å². The molecule has 0 aromatic carbocycles. The molecule has 0 spiro atoms. The van der Waals surface area contributed by atoms with Crippen LogP contribution in [0.3, 0.4) is 0 Å². The van der Waals surface area contributed by atoms with Crippen molar-refractivity contribution < 1.29 is 0 Å². The van der Waals surface area contributed by atoms with Crippen LogP contribution in [-0.2, 0) is 0 Å². The Kier molecular flexibility index (Phi) is 2.26. The van der Waals surface area contributed by atoms with Gasteiger partial charge < -0.3 is 5.01 Å². The Labute approximate surface area is 61.2 Å². The van der Waals surface area contributed by atoms with Crippen molar-refractivity contribution >= 4 is 0 Å². The van der Waals surface area contributed by atoms with E-state index in [1.165, 1.54) is 5.70 Å². The highest BCUT2D eigenvalue weighted by molar-refractivity contribution is 5.06. The summed E-state index contributed by atoms with van der Waals surface area (Å²) in [4.78, 5) is 0. The standard InChI is InChI=1S/C6H14N4/c1-9(7)5-6-3-4-8-10(6)2/h3,8H,4-5,7H2,1-2H3. The number of nitrogens with zero attached hydrogens (tertiary/aromatic N) is 2. The molecule has 0 saturated heterocycles. The van der Waals surface area contributed by atoms with Crippen LogP contribution in [0.4, 0.5) is 0 Å². The first-order valence-corrected chi connectivity index (χ1v) is 3.32. The maximum Gasteiger partial charge on any atom is 0.0537 e. The molecule has 0 atom stereocenters. The molecular weight excluding hydrogens is 128 g/mol. The third kappa shape index (κ3) is 1.70. The molecule has 0 unspecified atom stereocenters. The number of hydrogen-bond donors (Lipinski definition) is 2. The van der Waals surface area contributed by atoms with Crippen molar-refractivity contribution in [2.75, 3.05) is 27.2 Å². The Hall–Kier alpha value is -0.580. The zero-order chi connectivity index (χ0) is 7.56. The fourth-order valence-corrected chi connectivity index (χ4v) is 0.965. The van der Waals surface area contributed by atoms with Crippen LogP contribution in [0.5, 0.6) is 0 Å². The molecule has 1 rings (SSSR count). The molecule has 0 radical (unpaired) electrons. The number of likely N-dealkylation sites (N-methyl/N-ethyl adjacent to an activating group) is 2. The highest BCUT2D eigenvalue weighted by Crippen LogP contribution is 2.03. The van der Waals surface area contributed by atoms with Crippen LogP contribution in [0, 0.1) is 0 Å². The van der Waals surface area contributed by atoms with Crippen molar-refractivity contribution in [1.82, 2.24) is 15.4 Å². The zero-order valence-electron chi connectivity index (χ0n) is 6.46. The fraction of sp³-hybridized carbons (Fsp3) is 0.667. The topological polar surface area (TPSA) is 44.5 Å². The summed E-state index contributed by atoms with van der Waals surface area (Å²) in [7, 11) is 3.84. The largest absolute Gasteiger partial charge is 0.314 e. The van der Waals surface area contributed by atoms with Gasteiger partial charge in [0.1, 0.15) is 0 Å². The predicted molar refractivity (Wildman–Crippen MR) is 40.7 cm³/mol. The van der Waals surface area contributed by atoms with Crippen LogP contribution >= 0.6 is 0 Å². The van der Waals surface area contributed by atoms with Crippen LogP contribution < -0.4 is 11.3 Å². The van der Waals surface area contributed by atoms with Crippen LogP contribution in [-0.4, -0.2) is 37.2 Å². The smallest absolute Gasteiger partial charge is 0.0537 e. The highest BCUT2D eigenvalue weighted by atomic mass is 15.5. The van der Waals surface area contributed by atoms with Crippen LogP contribution in [0.15, 0.2) is 11.8 Å². The minimum atomic E-state index is 0.795. The van der Waals surface area contributed by atoms with Gasteiger partial charge in [0, 0.05) is 26.3 Å². The molecule has 1 heterocycles. The maximum atomic E-state index is 5.47. The lowest BCUT2D eigenvalue weighted by Crippen LogP contribution is -2.35. The average molecular weight is 142 g/mol. The maximum absolute atomic E-state index is 5.47. The van der Waals surface area contributed by atoms with E-state index in [1.54, 1.807) is 5.01 Å². The molecule has 0 aliphatic carbocycles. The zero-order valence-corrected chi connectivity index (χ0v) is 6.46. The Morgan fingerprint density at radius 3 is 3.00 bits per heavy atom. The van der Waals surface area contributed by atoms with Crippen LogP contribution in [0.25, 0.3) is 0 Å². The Morgan fingerprint density at radius 2 is 2.60 bits per heavy atom. The summed E-state index contributed by atoms with van der Waals surface area (Å²) in [6, 6.07) is 0. The summed E-state index contributed by atoms with van der Waals surface area (Å²) >= 11 is 0. The summed E-state index contributed by atoms with van der Waals surface area (Å²) in [6.45, 7) is 1.71. The van der Waals surface area contributed by atoms with E-state index in [2.05, 4.69) is 11.5 Å². The van der Waals surface area contributed by atoms with E-state index in [-0.39, 0.29) is 0 Å². The first-order valence-electron chi connectivity index (χ1n) is 3.32. The molecule has 4 heteroatoms. The molecular formula is C6H14N4. The van der Waals surface area contributed by atoms with Crippen molar-refractivity contribution in [3.8, 4) is 0 Å². The van der Waals surface area contributed by atoms with Crippen molar-refractivity contribution in [2.24, 2.45) is 5.84 Å². The molecule has 0 fully saturated rings. The van der Waals surface area contributed by atoms with Gasteiger partial charge in [-0.05, 0) is 6.08 Å². The average Bonchev–Trinajstić information content (AvgIpc) is 2.15. The quantitative estimate of drug-likeness (QED) is 0.388. The molecule has 0 amide bonds. The molecule has 1 aliphatic rings. The van der Waals surface area contributed by atoms with E-state index in [1.807, 2.05) is 19.1 Å². The van der Waals surface area contributed by atoms with E-state index in [9.17, 15) is 0 Å². The van der Waals surface area contributed by atoms with Gasteiger partial charge in [-0.15, -0.1) is 0 Å². The summed E-state index contributed by atoms with van der Waals surface area (Å²) in [6.07, 6.45) is 2.13. The number of hydrogen-bond acceptors (Lipinski definition) is 4. The predicted octanol–water partition coefficient (Wildman–Crippen LogP) is -0.874. The second-order valence-corrected chi connectivity index (χ2v) is 2.53. The van der Waals surface area contributed by atoms with Gasteiger partial charge in [-0.3, -0.25) is 5.84 Å². The molecule has 10 heavy (non-hydrogen) atoms. The monoisotopic (exact) mass is 142 g/mol. The van der Waals surface area contributed by atoms with E-state index in [4.69, 9.17) is 5.84 Å². The molecule has 0 aromatic rings. The minimum Gasteiger partial charge on any atom is -0.314 e. The summed E-state index contributed by atoms with van der Waals surface area (Å²) < 4.78 is 0. The third-order valence-electron chi connectivity index (χ3n) is 1.51. The van der Waals surface area contributed by atoms with Gasteiger partial charge in [-0.2, -0.15) is 0 Å². The Balaban J connectivity index is 2.40. The second kappa shape index (κ2) is 3.01. The Bertz CT molecular complexity index is 141. The van der Waals surface area contributed by atoms with Crippen LogP contribution in [0.1, 0.15) is 0 Å². The normalized spacial score (nSPS) is 18.4. The summed E-state index contributed by atoms with van der Waals surface area (Å²) in [5.74, 6) is 5.47. The highest BCUT2D eigenvalue weighted by Gasteiger charge is 2.09. The first-order chi connectivity index (χ1) is 4.70. The van der Waals surface area contributed by atoms with Gasteiger partial charge in [0.2, 0.25) is 0 Å². The number of nitrogens with two attached hydrogens (primary N) is 1. The number of rotatable bonds is 2. The van der Waals surface area contributed by atoms with Gasteiger partial charge in [0.15, 0.2) is 0 Å². The van der Waals surface area contributed by atoms with Gasteiger partial charge in [-0.1, -0.05) is 0 Å². The van der Waals surface area contributed by atoms with E-state index in [0.717, 1.165) is 13.1 Å². The lowest BCUT2D eigenvalue weighted by Gasteiger charge is -2.18. The molecule has 0 aromatic heterocycles. The summed E-state index contributed by atoms with van der Waals surface area (Å²) in [5, 5.41) is 3.65. The van der Waals surface area contributed by atoms with E-state index >= 15 is 0 Å². The van der Waals surface area contributed by atoms with Gasteiger partial charge >= 0.3 is 0 Å². The fourth-order valence-electron chi connectivity index (χ4n) is 0.965. The van der Waals surface area contributed by atoms with Gasteiger partial charge in [0.25, 0.3) is 0 Å². The molecule has 58 valence electrons. The van der Waals surface area contributed by atoms with Crippen LogP contribution in [0.2, 0.25) is 0 Å². The van der Waals surface area contributed by atoms with Crippen molar-refractivity contribution in [3.05, 3.63) is 11.8 Å². The second-order valence-electron chi connectivity index (χ2n) is 2.53. The van der Waals surface area contributed by atoms with Gasteiger partial charge in [0.05, 0.1) is 6.54 Å². The molecule has 1 aliphatic heterocycles.